The maximum absolute atomic E-state index is 12.5. The molecular formula is C19H17ClN4O3S2. The Balaban J connectivity index is 1.47. The first-order valence-corrected chi connectivity index (χ1v) is 11.1. The molecule has 150 valence electrons. The molecule has 3 heterocycles. The van der Waals surface area contributed by atoms with Gasteiger partial charge in [0.25, 0.3) is 11.1 Å². The summed E-state index contributed by atoms with van der Waals surface area (Å²) in [6.45, 7) is 2.82. The summed E-state index contributed by atoms with van der Waals surface area (Å²) in [5, 5.41) is 8.69. The Kier molecular flexibility index (Phi) is 5.62. The van der Waals surface area contributed by atoms with Crippen LogP contribution < -0.4 is 5.32 Å². The van der Waals surface area contributed by atoms with Crippen molar-refractivity contribution in [1.29, 1.82) is 0 Å². The van der Waals surface area contributed by atoms with Crippen LogP contribution in [0.3, 0.4) is 0 Å². The second kappa shape index (κ2) is 8.17. The zero-order chi connectivity index (χ0) is 20.5. The SMILES string of the molecule is Cc1nn(Cc2ccccc2Cl)c2sc(C(=O)NCCN3C(=O)CSC3=O)cc12. The minimum atomic E-state index is -0.263. The topological polar surface area (TPSA) is 84.3 Å². The number of imide groups is 1. The molecule has 1 aliphatic heterocycles. The number of aromatic nitrogens is 2. The highest BCUT2D eigenvalue weighted by Gasteiger charge is 2.29. The number of thioether (sulfide) groups is 1. The molecule has 2 aromatic heterocycles. The number of nitrogens with one attached hydrogen (secondary N) is 1. The van der Waals surface area contributed by atoms with E-state index in [4.69, 9.17) is 11.6 Å². The van der Waals surface area contributed by atoms with Gasteiger partial charge in [0.05, 0.1) is 22.9 Å². The molecular weight excluding hydrogens is 432 g/mol. The molecule has 1 aliphatic rings. The molecule has 0 radical (unpaired) electrons. The molecule has 0 unspecified atom stereocenters. The Bertz CT molecular complexity index is 1110. The number of halogens is 1. The number of thiophene rings is 1. The van der Waals surface area contributed by atoms with Crippen LogP contribution in [-0.2, 0) is 11.3 Å². The van der Waals surface area contributed by atoms with E-state index in [2.05, 4.69) is 10.4 Å². The molecule has 0 atom stereocenters. The molecule has 7 nitrogen and oxygen atoms in total. The molecule has 3 aromatic rings. The Morgan fingerprint density at radius 2 is 2.10 bits per heavy atom. The van der Waals surface area contributed by atoms with Gasteiger partial charge in [-0.2, -0.15) is 5.10 Å². The van der Waals surface area contributed by atoms with Crippen LogP contribution in [0, 0.1) is 6.92 Å². The molecule has 0 aliphatic carbocycles. The van der Waals surface area contributed by atoms with E-state index in [9.17, 15) is 14.4 Å². The van der Waals surface area contributed by atoms with Crippen molar-refractivity contribution in [3.63, 3.8) is 0 Å². The summed E-state index contributed by atoms with van der Waals surface area (Å²) in [6.07, 6.45) is 0. The third-order valence-electron chi connectivity index (χ3n) is 4.57. The predicted octanol–water partition coefficient (Wildman–Crippen LogP) is 3.53. The molecule has 3 amide bonds. The number of fused-ring (bicyclic) bond motifs is 1. The fourth-order valence-electron chi connectivity index (χ4n) is 3.09. The second-order valence-corrected chi connectivity index (χ2v) is 8.88. The predicted molar refractivity (Wildman–Crippen MR) is 115 cm³/mol. The van der Waals surface area contributed by atoms with Crippen LogP contribution in [0.4, 0.5) is 4.79 Å². The lowest BCUT2D eigenvalue weighted by molar-refractivity contribution is -0.124. The summed E-state index contributed by atoms with van der Waals surface area (Å²) in [7, 11) is 0. The second-order valence-electron chi connectivity index (χ2n) is 6.52. The average Bonchev–Trinajstić information content (AvgIpc) is 3.35. The van der Waals surface area contributed by atoms with Gasteiger partial charge >= 0.3 is 0 Å². The van der Waals surface area contributed by atoms with Crippen LogP contribution in [-0.4, -0.2) is 50.6 Å². The van der Waals surface area contributed by atoms with Crippen molar-refractivity contribution in [3.05, 3.63) is 51.5 Å². The van der Waals surface area contributed by atoms with Crippen molar-refractivity contribution >= 4 is 62.0 Å². The van der Waals surface area contributed by atoms with Crippen molar-refractivity contribution in [1.82, 2.24) is 20.0 Å². The number of nitrogens with zero attached hydrogens (tertiary/aromatic N) is 3. The standard InChI is InChI=1S/C19H17ClN4O3S2/c1-11-13-8-15(17(26)21-6-7-23-16(25)10-28-19(23)27)29-18(13)24(22-11)9-12-4-2-3-5-14(12)20/h2-5,8H,6-7,9-10H2,1H3,(H,21,26). The number of aryl methyl sites for hydroxylation is 1. The number of rotatable bonds is 6. The number of hydrogen-bond donors (Lipinski definition) is 1. The molecule has 29 heavy (non-hydrogen) atoms. The van der Waals surface area contributed by atoms with E-state index in [1.807, 2.05) is 41.9 Å². The van der Waals surface area contributed by atoms with Gasteiger partial charge in [-0.25, -0.2) is 0 Å². The largest absolute Gasteiger partial charge is 0.350 e. The van der Waals surface area contributed by atoms with Crippen LogP contribution in [0.2, 0.25) is 5.02 Å². The van der Waals surface area contributed by atoms with Crippen molar-refractivity contribution in [2.75, 3.05) is 18.8 Å². The minimum Gasteiger partial charge on any atom is -0.350 e. The van der Waals surface area contributed by atoms with E-state index in [0.29, 0.717) is 16.4 Å². The van der Waals surface area contributed by atoms with E-state index < -0.39 is 0 Å². The summed E-state index contributed by atoms with van der Waals surface area (Å²) in [4.78, 5) is 38.4. The summed E-state index contributed by atoms with van der Waals surface area (Å²) >= 11 is 8.60. The molecule has 0 spiro atoms. The van der Waals surface area contributed by atoms with Crippen molar-refractivity contribution in [3.8, 4) is 0 Å². The summed E-state index contributed by atoms with van der Waals surface area (Å²) in [5.41, 5.74) is 1.79. The number of carbonyl (C=O) groups excluding carboxylic acids is 3. The van der Waals surface area contributed by atoms with E-state index in [0.717, 1.165) is 33.2 Å². The highest BCUT2D eigenvalue weighted by molar-refractivity contribution is 8.14. The Hall–Kier alpha value is -2.36. The fraction of sp³-hybridized carbons (Fsp3) is 0.263. The first-order valence-electron chi connectivity index (χ1n) is 8.89. The van der Waals surface area contributed by atoms with E-state index in [1.54, 1.807) is 0 Å². The highest BCUT2D eigenvalue weighted by Crippen LogP contribution is 2.29. The third-order valence-corrected chi connectivity index (χ3v) is 6.95. The molecule has 1 N–H and O–H groups in total. The number of carbonyl (C=O) groups is 3. The van der Waals surface area contributed by atoms with E-state index in [1.165, 1.54) is 16.2 Å². The zero-order valence-corrected chi connectivity index (χ0v) is 17.9. The van der Waals surface area contributed by atoms with Gasteiger partial charge in [-0.3, -0.25) is 24.0 Å². The molecule has 1 saturated heterocycles. The Morgan fingerprint density at radius 3 is 2.83 bits per heavy atom. The molecule has 1 aromatic carbocycles. The fourth-order valence-corrected chi connectivity index (χ4v) is 5.11. The first kappa shape index (κ1) is 19.9. The number of hydrogen-bond acceptors (Lipinski definition) is 6. The van der Waals surface area contributed by atoms with Crippen molar-refractivity contribution in [2.45, 2.75) is 13.5 Å². The van der Waals surface area contributed by atoms with Crippen LogP contribution in [0.1, 0.15) is 20.9 Å². The van der Waals surface area contributed by atoms with Crippen LogP contribution in [0.15, 0.2) is 30.3 Å². The number of benzene rings is 1. The van der Waals surface area contributed by atoms with Crippen LogP contribution >= 0.6 is 34.7 Å². The van der Waals surface area contributed by atoms with Gasteiger partial charge in [0.15, 0.2) is 0 Å². The van der Waals surface area contributed by atoms with E-state index >= 15 is 0 Å². The quantitative estimate of drug-likeness (QED) is 0.623. The maximum Gasteiger partial charge on any atom is 0.288 e. The van der Waals surface area contributed by atoms with Gasteiger partial charge in [0.1, 0.15) is 4.83 Å². The normalized spacial score (nSPS) is 14.2. The lowest BCUT2D eigenvalue weighted by Crippen LogP contribution is -2.37. The smallest absolute Gasteiger partial charge is 0.288 e. The Labute approximate surface area is 180 Å². The molecule has 4 rings (SSSR count). The van der Waals surface area contributed by atoms with Crippen molar-refractivity contribution < 1.29 is 14.4 Å². The zero-order valence-electron chi connectivity index (χ0n) is 15.5. The maximum atomic E-state index is 12.5. The molecule has 1 fully saturated rings. The van der Waals surface area contributed by atoms with E-state index in [-0.39, 0.29) is 35.9 Å². The van der Waals surface area contributed by atoms with Crippen LogP contribution in [0.25, 0.3) is 10.2 Å². The van der Waals surface area contributed by atoms with Gasteiger partial charge in [-0.15, -0.1) is 11.3 Å². The monoisotopic (exact) mass is 448 g/mol. The number of amides is 3. The van der Waals surface area contributed by atoms with Gasteiger partial charge in [-0.1, -0.05) is 41.6 Å². The van der Waals surface area contributed by atoms with Crippen LogP contribution in [0.5, 0.6) is 0 Å². The van der Waals surface area contributed by atoms with Gasteiger partial charge in [0, 0.05) is 23.5 Å². The average molecular weight is 449 g/mol. The van der Waals surface area contributed by atoms with Gasteiger partial charge < -0.3 is 5.32 Å². The van der Waals surface area contributed by atoms with Gasteiger partial charge in [-0.05, 0) is 24.6 Å². The summed E-state index contributed by atoms with van der Waals surface area (Å²) < 4.78 is 1.85. The summed E-state index contributed by atoms with van der Waals surface area (Å²) in [6, 6.07) is 9.42. The molecule has 0 saturated carbocycles. The lowest BCUT2D eigenvalue weighted by atomic mass is 10.2. The third kappa shape index (κ3) is 4.03. The van der Waals surface area contributed by atoms with Gasteiger partial charge in [0.2, 0.25) is 5.91 Å². The van der Waals surface area contributed by atoms with Crippen molar-refractivity contribution in [2.24, 2.45) is 0 Å². The highest BCUT2D eigenvalue weighted by atomic mass is 35.5. The lowest BCUT2D eigenvalue weighted by Gasteiger charge is -2.12. The molecule has 0 bridgehead atoms. The Morgan fingerprint density at radius 1 is 1.31 bits per heavy atom. The first-order chi connectivity index (χ1) is 13.9. The minimum absolute atomic E-state index is 0.171. The molecule has 10 heteroatoms. The summed E-state index contributed by atoms with van der Waals surface area (Å²) in [5.74, 6) is -0.280.